The second-order valence-corrected chi connectivity index (χ2v) is 4.03. The van der Waals surface area contributed by atoms with E-state index in [0.29, 0.717) is 11.3 Å². The van der Waals surface area contributed by atoms with E-state index in [1.807, 2.05) is 0 Å². The summed E-state index contributed by atoms with van der Waals surface area (Å²) in [5.41, 5.74) is 7.50. The molecule has 0 bridgehead atoms. The van der Waals surface area contributed by atoms with Crippen LogP contribution in [0.3, 0.4) is 0 Å². The van der Waals surface area contributed by atoms with Crippen molar-refractivity contribution >= 4 is 11.6 Å². The van der Waals surface area contributed by atoms with E-state index >= 15 is 0 Å². The highest BCUT2D eigenvalue weighted by atomic mass is 16.3. The fraction of sp³-hybridized carbons (Fsp3) is 0.417. The maximum absolute atomic E-state index is 10.7. The Morgan fingerprint density at radius 1 is 1.47 bits per heavy atom. The van der Waals surface area contributed by atoms with Crippen LogP contribution in [0.1, 0.15) is 24.2 Å². The average Bonchev–Trinajstić information content (AvgIpc) is 2.25. The Morgan fingerprint density at radius 2 is 2.12 bits per heavy atom. The van der Waals surface area contributed by atoms with Crippen LogP contribution in [0.25, 0.3) is 0 Å². The Hall–Kier alpha value is -1.59. The van der Waals surface area contributed by atoms with Crippen LogP contribution in [0.2, 0.25) is 0 Å². The van der Waals surface area contributed by atoms with E-state index in [1.54, 1.807) is 25.1 Å². The van der Waals surface area contributed by atoms with Crippen LogP contribution in [0.5, 0.6) is 0 Å². The Bertz CT molecular complexity index is 386. The standard InChI is InChI=1S/C12H18N2O3/c1-7-4-3-5-9(13)11(7)12(17)10(16)6-14-8(2)15/h3-5,10,12,16-17H,6,13H2,1-2H3,(H,14,15). The quantitative estimate of drug-likeness (QED) is 0.560. The van der Waals surface area contributed by atoms with Crippen LogP contribution < -0.4 is 11.1 Å². The molecule has 1 aromatic rings. The van der Waals surface area contributed by atoms with Crippen molar-refractivity contribution in [1.82, 2.24) is 5.32 Å². The maximum atomic E-state index is 10.7. The van der Waals surface area contributed by atoms with E-state index in [2.05, 4.69) is 5.32 Å². The largest absolute Gasteiger partial charge is 0.398 e. The number of nitrogens with one attached hydrogen (secondary N) is 1. The van der Waals surface area contributed by atoms with Crippen molar-refractivity contribution in [3.8, 4) is 0 Å². The number of anilines is 1. The molecule has 0 saturated heterocycles. The molecule has 0 saturated carbocycles. The Morgan fingerprint density at radius 3 is 2.65 bits per heavy atom. The molecule has 2 unspecified atom stereocenters. The molecule has 0 aliphatic heterocycles. The van der Waals surface area contributed by atoms with Crippen LogP contribution in [-0.2, 0) is 4.79 Å². The third-order valence-corrected chi connectivity index (χ3v) is 2.58. The lowest BCUT2D eigenvalue weighted by Crippen LogP contribution is -2.34. The first-order valence-corrected chi connectivity index (χ1v) is 5.39. The van der Waals surface area contributed by atoms with Crippen molar-refractivity contribution in [2.24, 2.45) is 0 Å². The van der Waals surface area contributed by atoms with Gasteiger partial charge in [-0.05, 0) is 18.6 Å². The van der Waals surface area contributed by atoms with Crippen molar-refractivity contribution in [2.45, 2.75) is 26.1 Å². The van der Waals surface area contributed by atoms with Gasteiger partial charge in [0, 0.05) is 24.7 Å². The van der Waals surface area contributed by atoms with Crippen molar-refractivity contribution in [3.05, 3.63) is 29.3 Å². The van der Waals surface area contributed by atoms with Crippen molar-refractivity contribution in [1.29, 1.82) is 0 Å². The van der Waals surface area contributed by atoms with Gasteiger partial charge in [-0.2, -0.15) is 0 Å². The van der Waals surface area contributed by atoms with Gasteiger partial charge in [-0.1, -0.05) is 12.1 Å². The molecule has 17 heavy (non-hydrogen) atoms. The fourth-order valence-corrected chi connectivity index (χ4v) is 1.66. The summed E-state index contributed by atoms with van der Waals surface area (Å²) in [6.45, 7) is 3.14. The smallest absolute Gasteiger partial charge is 0.216 e. The molecule has 0 spiro atoms. The minimum atomic E-state index is -1.11. The number of aliphatic hydroxyl groups excluding tert-OH is 2. The molecule has 94 valence electrons. The third-order valence-electron chi connectivity index (χ3n) is 2.58. The molecule has 1 rings (SSSR count). The van der Waals surface area contributed by atoms with E-state index in [-0.39, 0.29) is 12.5 Å². The number of carbonyl (C=O) groups is 1. The van der Waals surface area contributed by atoms with Gasteiger partial charge in [-0.3, -0.25) is 4.79 Å². The Labute approximate surface area is 100 Å². The third kappa shape index (κ3) is 3.44. The van der Waals surface area contributed by atoms with Crippen molar-refractivity contribution in [3.63, 3.8) is 0 Å². The van der Waals surface area contributed by atoms with Gasteiger partial charge in [0.1, 0.15) is 12.2 Å². The van der Waals surface area contributed by atoms with Gasteiger partial charge < -0.3 is 21.3 Å². The maximum Gasteiger partial charge on any atom is 0.216 e. The van der Waals surface area contributed by atoms with E-state index in [0.717, 1.165) is 5.56 Å². The van der Waals surface area contributed by atoms with Crippen LogP contribution >= 0.6 is 0 Å². The molecule has 0 fully saturated rings. The van der Waals surface area contributed by atoms with Crippen molar-refractivity contribution in [2.75, 3.05) is 12.3 Å². The molecule has 0 aliphatic carbocycles. The Kier molecular flexibility index (Phi) is 4.48. The molecular weight excluding hydrogens is 220 g/mol. The minimum absolute atomic E-state index is 0.00965. The Balaban J connectivity index is 2.81. The highest BCUT2D eigenvalue weighted by Crippen LogP contribution is 2.26. The zero-order valence-corrected chi connectivity index (χ0v) is 9.97. The number of nitrogen functional groups attached to an aromatic ring is 1. The number of carbonyl (C=O) groups excluding carboxylic acids is 1. The molecule has 2 atom stereocenters. The zero-order valence-electron chi connectivity index (χ0n) is 9.97. The fourth-order valence-electron chi connectivity index (χ4n) is 1.66. The lowest BCUT2D eigenvalue weighted by Gasteiger charge is -2.21. The number of aryl methyl sites for hydroxylation is 1. The summed E-state index contributed by atoms with van der Waals surface area (Å²) in [4.78, 5) is 10.7. The first-order valence-electron chi connectivity index (χ1n) is 5.39. The predicted octanol–water partition coefficient (Wildman–Crippen LogP) is 0.108. The number of benzene rings is 1. The summed E-state index contributed by atoms with van der Waals surface area (Å²) in [5, 5.41) is 22.2. The van der Waals surface area contributed by atoms with Crippen LogP contribution in [0.4, 0.5) is 5.69 Å². The summed E-state index contributed by atoms with van der Waals surface area (Å²) in [6.07, 6.45) is -2.19. The SMILES string of the molecule is CC(=O)NCC(O)C(O)c1c(C)cccc1N. The summed E-state index contributed by atoms with van der Waals surface area (Å²) in [6, 6.07) is 5.25. The molecule has 0 aromatic heterocycles. The van der Waals surface area contributed by atoms with Gasteiger partial charge in [0.2, 0.25) is 5.91 Å². The summed E-state index contributed by atoms with van der Waals surface area (Å²) < 4.78 is 0. The number of hydrogen-bond donors (Lipinski definition) is 4. The number of amides is 1. The molecule has 1 aromatic carbocycles. The van der Waals surface area contributed by atoms with Crippen molar-refractivity contribution < 1.29 is 15.0 Å². The number of hydrogen-bond acceptors (Lipinski definition) is 4. The lowest BCUT2D eigenvalue weighted by atomic mass is 9.97. The molecule has 5 heteroatoms. The monoisotopic (exact) mass is 238 g/mol. The molecule has 0 heterocycles. The molecular formula is C12H18N2O3. The average molecular weight is 238 g/mol. The van der Waals surface area contributed by atoms with Gasteiger partial charge in [0.25, 0.3) is 0 Å². The summed E-state index contributed by atoms with van der Waals surface area (Å²) in [7, 11) is 0. The van der Waals surface area contributed by atoms with Crippen LogP contribution in [0.15, 0.2) is 18.2 Å². The normalized spacial score (nSPS) is 14.1. The van der Waals surface area contributed by atoms with E-state index in [4.69, 9.17) is 5.73 Å². The minimum Gasteiger partial charge on any atom is -0.398 e. The molecule has 5 N–H and O–H groups in total. The number of rotatable bonds is 4. The van der Waals surface area contributed by atoms with Crippen LogP contribution in [-0.4, -0.2) is 28.8 Å². The predicted molar refractivity (Wildman–Crippen MR) is 65.2 cm³/mol. The topological polar surface area (TPSA) is 95.6 Å². The van der Waals surface area contributed by atoms with Gasteiger partial charge >= 0.3 is 0 Å². The van der Waals surface area contributed by atoms with Gasteiger partial charge in [-0.15, -0.1) is 0 Å². The molecule has 0 aliphatic rings. The van der Waals surface area contributed by atoms with Gasteiger partial charge in [0.05, 0.1) is 0 Å². The summed E-state index contributed by atoms with van der Waals surface area (Å²) >= 11 is 0. The molecule has 5 nitrogen and oxygen atoms in total. The molecule has 1 amide bonds. The van der Waals surface area contributed by atoms with E-state index in [9.17, 15) is 15.0 Å². The second kappa shape index (κ2) is 5.65. The first-order chi connectivity index (χ1) is 7.93. The van der Waals surface area contributed by atoms with Gasteiger partial charge in [-0.25, -0.2) is 0 Å². The number of nitrogens with two attached hydrogens (primary N) is 1. The first kappa shape index (κ1) is 13.5. The lowest BCUT2D eigenvalue weighted by molar-refractivity contribution is -0.119. The summed E-state index contributed by atoms with van der Waals surface area (Å²) in [5.74, 6) is -0.256. The zero-order chi connectivity index (χ0) is 13.0. The highest BCUT2D eigenvalue weighted by Gasteiger charge is 2.22. The number of aliphatic hydroxyl groups is 2. The van der Waals surface area contributed by atoms with Gasteiger partial charge in [0.15, 0.2) is 0 Å². The highest BCUT2D eigenvalue weighted by molar-refractivity contribution is 5.72. The second-order valence-electron chi connectivity index (χ2n) is 4.03. The van der Waals surface area contributed by atoms with Crippen LogP contribution in [0, 0.1) is 6.92 Å². The van der Waals surface area contributed by atoms with E-state index < -0.39 is 12.2 Å². The van der Waals surface area contributed by atoms with E-state index in [1.165, 1.54) is 6.92 Å². The molecule has 0 radical (unpaired) electrons.